The summed E-state index contributed by atoms with van der Waals surface area (Å²) in [4.78, 5) is 23.6. The first kappa shape index (κ1) is 22.2. The van der Waals surface area contributed by atoms with Crippen molar-refractivity contribution in [2.45, 2.75) is 12.8 Å². The molecule has 0 spiro atoms. The second kappa shape index (κ2) is 9.70. The molecule has 178 valence electrons. The van der Waals surface area contributed by atoms with Gasteiger partial charge in [0.15, 0.2) is 0 Å². The molecule has 2 saturated heterocycles. The quantitative estimate of drug-likeness (QED) is 0.571. The third-order valence-corrected chi connectivity index (χ3v) is 6.66. The highest BCUT2D eigenvalue weighted by Gasteiger charge is 2.32. The van der Waals surface area contributed by atoms with Crippen molar-refractivity contribution in [1.29, 1.82) is 0 Å². The Balaban J connectivity index is 1.13. The van der Waals surface area contributed by atoms with E-state index in [1.807, 2.05) is 45.0 Å². The number of carbonyl (C=O) groups is 1. The maximum absolute atomic E-state index is 14.1. The third kappa shape index (κ3) is 4.55. The number of methoxy groups -OCH3 is 1. The first-order valence-electron chi connectivity index (χ1n) is 11.6. The van der Waals surface area contributed by atoms with E-state index in [9.17, 15) is 9.18 Å². The zero-order valence-electron chi connectivity index (χ0n) is 19.2. The van der Waals surface area contributed by atoms with Crippen molar-refractivity contribution in [3.63, 3.8) is 0 Å². The van der Waals surface area contributed by atoms with Crippen molar-refractivity contribution in [3.8, 4) is 17.1 Å². The van der Waals surface area contributed by atoms with E-state index >= 15 is 0 Å². The Labute approximate surface area is 197 Å². The summed E-state index contributed by atoms with van der Waals surface area (Å²) in [5.41, 5.74) is 1.46. The van der Waals surface area contributed by atoms with Gasteiger partial charge in [-0.25, -0.2) is 4.39 Å². The van der Waals surface area contributed by atoms with Crippen molar-refractivity contribution >= 4 is 17.6 Å². The second-order valence-corrected chi connectivity index (χ2v) is 8.65. The van der Waals surface area contributed by atoms with Gasteiger partial charge in [-0.15, -0.1) is 0 Å². The summed E-state index contributed by atoms with van der Waals surface area (Å²) in [7, 11) is 1.63. The molecule has 0 atom stereocenters. The van der Waals surface area contributed by atoms with Crippen LogP contribution < -0.4 is 14.5 Å². The molecular formula is C25H28FN5O3. The molecule has 0 unspecified atom stereocenters. The average Bonchev–Trinajstić information content (AvgIpc) is 3.39. The van der Waals surface area contributed by atoms with Crippen LogP contribution >= 0.6 is 0 Å². The SMILES string of the molecule is COc1ccc(-c2noc(N3CCC(C(=O)N4CCN(c5ccccc5F)CC4)CC3)n2)cc1. The predicted octanol–water partition coefficient (Wildman–Crippen LogP) is 3.45. The lowest BCUT2D eigenvalue weighted by atomic mass is 9.95. The number of carbonyl (C=O) groups excluding carboxylic acids is 1. The van der Waals surface area contributed by atoms with Gasteiger partial charge in [0.1, 0.15) is 11.6 Å². The van der Waals surface area contributed by atoms with E-state index in [4.69, 9.17) is 9.26 Å². The summed E-state index contributed by atoms with van der Waals surface area (Å²) in [5, 5.41) is 4.11. The van der Waals surface area contributed by atoms with Gasteiger partial charge in [-0.2, -0.15) is 4.98 Å². The Kier molecular flexibility index (Phi) is 6.33. The van der Waals surface area contributed by atoms with Crippen molar-refractivity contribution < 1.29 is 18.4 Å². The monoisotopic (exact) mass is 465 g/mol. The van der Waals surface area contributed by atoms with Crippen LogP contribution in [0.1, 0.15) is 12.8 Å². The number of amides is 1. The van der Waals surface area contributed by atoms with Gasteiger partial charge in [0.25, 0.3) is 0 Å². The molecule has 0 aliphatic carbocycles. The van der Waals surface area contributed by atoms with Crippen molar-refractivity contribution in [2.24, 2.45) is 5.92 Å². The van der Waals surface area contributed by atoms with Crippen molar-refractivity contribution in [3.05, 3.63) is 54.3 Å². The van der Waals surface area contributed by atoms with E-state index in [-0.39, 0.29) is 17.6 Å². The predicted molar refractivity (Wildman–Crippen MR) is 126 cm³/mol. The summed E-state index contributed by atoms with van der Waals surface area (Å²) < 4.78 is 24.8. The fourth-order valence-corrected chi connectivity index (χ4v) is 4.65. The second-order valence-electron chi connectivity index (χ2n) is 8.65. The van der Waals surface area contributed by atoms with Crippen LogP contribution in [-0.2, 0) is 4.79 Å². The van der Waals surface area contributed by atoms with Gasteiger partial charge in [-0.3, -0.25) is 4.79 Å². The van der Waals surface area contributed by atoms with E-state index in [2.05, 4.69) is 10.1 Å². The van der Waals surface area contributed by atoms with Gasteiger partial charge in [0.2, 0.25) is 11.7 Å². The molecular weight excluding hydrogens is 437 g/mol. The van der Waals surface area contributed by atoms with Crippen LogP contribution in [-0.4, -0.2) is 67.3 Å². The lowest BCUT2D eigenvalue weighted by Gasteiger charge is -2.39. The fourth-order valence-electron chi connectivity index (χ4n) is 4.65. The van der Waals surface area contributed by atoms with Crippen LogP contribution in [0.5, 0.6) is 5.75 Å². The van der Waals surface area contributed by atoms with Gasteiger partial charge in [-0.05, 0) is 49.2 Å². The first-order chi connectivity index (χ1) is 16.6. The number of hydrogen-bond acceptors (Lipinski definition) is 7. The highest BCUT2D eigenvalue weighted by atomic mass is 19.1. The normalized spacial score (nSPS) is 17.2. The summed E-state index contributed by atoms with van der Waals surface area (Å²) in [6.07, 6.45) is 1.49. The number of para-hydroxylation sites is 1. The Bertz CT molecular complexity index is 1120. The number of hydrogen-bond donors (Lipinski definition) is 0. The number of halogens is 1. The van der Waals surface area contributed by atoms with E-state index < -0.39 is 0 Å². The molecule has 0 bridgehead atoms. The summed E-state index contributed by atoms with van der Waals surface area (Å²) in [5.74, 6) is 1.26. The van der Waals surface area contributed by atoms with Gasteiger partial charge in [0.05, 0.1) is 12.8 Å². The molecule has 3 heterocycles. The minimum Gasteiger partial charge on any atom is -0.497 e. The van der Waals surface area contributed by atoms with Crippen LogP contribution in [0.15, 0.2) is 53.1 Å². The smallest absolute Gasteiger partial charge is 0.324 e. The van der Waals surface area contributed by atoms with E-state index in [1.54, 1.807) is 19.2 Å². The fraction of sp³-hybridized carbons (Fsp3) is 0.400. The summed E-state index contributed by atoms with van der Waals surface area (Å²) >= 11 is 0. The standard InChI is InChI=1S/C25H28FN5O3/c1-33-20-8-6-18(7-9-20)23-27-25(34-28-23)31-12-10-19(11-13-31)24(32)30-16-14-29(15-17-30)22-5-3-2-4-21(22)26/h2-9,19H,10-17H2,1H3. The minimum atomic E-state index is -0.217. The number of anilines is 2. The Morgan fingerprint density at radius 1 is 0.971 bits per heavy atom. The molecule has 3 aromatic rings. The van der Waals surface area contributed by atoms with Gasteiger partial charge >= 0.3 is 6.01 Å². The number of ether oxygens (including phenoxy) is 1. The van der Waals surface area contributed by atoms with Gasteiger partial charge in [-0.1, -0.05) is 17.3 Å². The highest BCUT2D eigenvalue weighted by Crippen LogP contribution is 2.27. The molecule has 8 nitrogen and oxygen atoms in total. The molecule has 34 heavy (non-hydrogen) atoms. The molecule has 0 saturated carbocycles. The Hall–Kier alpha value is -3.62. The molecule has 0 N–H and O–H groups in total. The van der Waals surface area contributed by atoms with Crippen LogP contribution in [0, 0.1) is 11.7 Å². The Morgan fingerprint density at radius 3 is 2.35 bits per heavy atom. The molecule has 2 aliphatic heterocycles. The largest absolute Gasteiger partial charge is 0.497 e. The van der Waals surface area contributed by atoms with Crippen LogP contribution in [0.4, 0.5) is 16.1 Å². The van der Waals surface area contributed by atoms with E-state index in [0.717, 1.165) is 24.2 Å². The number of nitrogens with zero attached hydrogens (tertiary/aromatic N) is 5. The zero-order valence-corrected chi connectivity index (χ0v) is 19.2. The maximum Gasteiger partial charge on any atom is 0.324 e. The van der Waals surface area contributed by atoms with E-state index in [0.29, 0.717) is 56.8 Å². The van der Waals surface area contributed by atoms with Crippen LogP contribution in [0.2, 0.25) is 0 Å². The first-order valence-corrected chi connectivity index (χ1v) is 11.6. The molecule has 1 aromatic heterocycles. The van der Waals surface area contributed by atoms with Crippen LogP contribution in [0.25, 0.3) is 11.4 Å². The molecule has 2 aromatic carbocycles. The molecule has 9 heteroatoms. The maximum atomic E-state index is 14.1. The lowest BCUT2D eigenvalue weighted by Crippen LogP contribution is -2.52. The highest BCUT2D eigenvalue weighted by molar-refractivity contribution is 5.79. The molecule has 0 radical (unpaired) electrons. The number of benzene rings is 2. The number of piperidine rings is 1. The summed E-state index contributed by atoms with van der Waals surface area (Å²) in [6, 6.07) is 14.8. The Morgan fingerprint density at radius 2 is 1.68 bits per heavy atom. The third-order valence-electron chi connectivity index (χ3n) is 6.66. The van der Waals surface area contributed by atoms with Gasteiger partial charge in [0, 0.05) is 50.7 Å². The van der Waals surface area contributed by atoms with Gasteiger partial charge < -0.3 is 24.0 Å². The topological polar surface area (TPSA) is 74.9 Å². The number of aromatic nitrogens is 2. The van der Waals surface area contributed by atoms with Crippen LogP contribution in [0.3, 0.4) is 0 Å². The molecule has 1 amide bonds. The number of piperazine rings is 1. The summed E-state index contributed by atoms with van der Waals surface area (Å²) in [6.45, 7) is 3.89. The van der Waals surface area contributed by atoms with Crippen molar-refractivity contribution in [1.82, 2.24) is 15.0 Å². The zero-order chi connectivity index (χ0) is 23.5. The lowest BCUT2D eigenvalue weighted by molar-refractivity contribution is -0.136. The molecule has 5 rings (SSSR count). The minimum absolute atomic E-state index is 0.0137. The average molecular weight is 466 g/mol. The number of rotatable bonds is 5. The van der Waals surface area contributed by atoms with E-state index in [1.165, 1.54) is 6.07 Å². The molecule has 2 fully saturated rings. The van der Waals surface area contributed by atoms with Crippen molar-refractivity contribution in [2.75, 3.05) is 56.2 Å². The molecule has 2 aliphatic rings.